The molecule has 0 saturated carbocycles. The third kappa shape index (κ3) is 6.38. The number of amides is 2. The van der Waals surface area contributed by atoms with Crippen LogP contribution in [0, 0.1) is 0 Å². The van der Waals surface area contributed by atoms with Crippen molar-refractivity contribution in [1.82, 2.24) is 10.4 Å². The summed E-state index contributed by atoms with van der Waals surface area (Å²) in [5.41, 5.74) is 4.69. The number of methoxy groups -OCH3 is 1. The lowest BCUT2D eigenvalue weighted by Gasteiger charge is -2.15. The van der Waals surface area contributed by atoms with E-state index in [-0.39, 0.29) is 4.32 Å². The highest BCUT2D eigenvalue weighted by Gasteiger charge is 2.34. The van der Waals surface area contributed by atoms with Crippen LogP contribution in [0.3, 0.4) is 0 Å². The number of hydrogen-bond acceptors (Lipinski definition) is 6. The van der Waals surface area contributed by atoms with Crippen molar-refractivity contribution in [3.05, 3.63) is 95.7 Å². The van der Waals surface area contributed by atoms with Crippen LogP contribution in [-0.2, 0) is 11.4 Å². The van der Waals surface area contributed by atoms with Gasteiger partial charge in [-0.25, -0.2) is 0 Å². The molecule has 0 atom stereocenters. The highest BCUT2D eigenvalue weighted by Crippen LogP contribution is 2.39. The third-order valence-corrected chi connectivity index (χ3v) is 7.91. The number of rotatable bonds is 7. The van der Waals surface area contributed by atoms with Crippen LogP contribution in [0.4, 0.5) is 0 Å². The molecule has 0 bridgehead atoms. The molecule has 1 fully saturated rings. The number of hydrogen-bond donors (Lipinski definition) is 1. The Morgan fingerprint density at radius 3 is 2.33 bits per heavy atom. The summed E-state index contributed by atoms with van der Waals surface area (Å²) in [7, 11) is 1.55. The Labute approximate surface area is 242 Å². The summed E-state index contributed by atoms with van der Waals surface area (Å²) in [6.07, 6.45) is 1.69. The van der Waals surface area contributed by atoms with Crippen LogP contribution in [-0.4, -0.2) is 28.3 Å². The fourth-order valence-electron chi connectivity index (χ4n) is 3.18. The van der Waals surface area contributed by atoms with Gasteiger partial charge >= 0.3 is 0 Å². The summed E-state index contributed by atoms with van der Waals surface area (Å²) in [5.74, 6) is 0.205. The number of carbonyl (C=O) groups excluding carboxylic acids is 2. The molecule has 0 unspecified atom stereocenters. The van der Waals surface area contributed by atoms with Gasteiger partial charge in [0.2, 0.25) is 0 Å². The fourth-order valence-corrected chi connectivity index (χ4v) is 5.46. The smallest absolute Gasteiger partial charge is 0.285 e. The molecule has 1 aliphatic rings. The molecule has 2 amide bonds. The Hall–Kier alpha value is -2.18. The van der Waals surface area contributed by atoms with Crippen molar-refractivity contribution in [3.8, 4) is 11.5 Å². The van der Waals surface area contributed by atoms with Gasteiger partial charge in [-0.3, -0.25) is 15.0 Å². The molecule has 0 aliphatic carbocycles. The van der Waals surface area contributed by atoms with Crippen LogP contribution < -0.4 is 14.9 Å². The molecule has 6 nitrogen and oxygen atoms in total. The lowest BCUT2D eigenvalue weighted by molar-refractivity contribution is -0.123. The van der Waals surface area contributed by atoms with Gasteiger partial charge < -0.3 is 9.47 Å². The molecule has 3 aromatic carbocycles. The summed E-state index contributed by atoms with van der Waals surface area (Å²) in [4.78, 5) is 25.9. The van der Waals surface area contributed by atoms with Gasteiger partial charge in [0.25, 0.3) is 11.8 Å². The zero-order chi connectivity index (χ0) is 25.8. The number of nitrogens with zero attached hydrogens (tertiary/aromatic N) is 1. The van der Waals surface area contributed by atoms with E-state index in [0.717, 1.165) is 31.3 Å². The first-order valence-electron chi connectivity index (χ1n) is 10.3. The zero-order valence-corrected chi connectivity index (χ0v) is 25.0. The topological polar surface area (TPSA) is 67.9 Å². The number of hydrazine groups is 1. The number of ether oxygens (including phenoxy) is 2. The average molecular weight is 713 g/mol. The van der Waals surface area contributed by atoms with Crippen LogP contribution >= 0.6 is 71.8 Å². The number of benzene rings is 3. The summed E-state index contributed by atoms with van der Waals surface area (Å²) in [6, 6.07) is 18.2. The van der Waals surface area contributed by atoms with Crippen LogP contribution in [0.15, 0.2) is 79.0 Å². The Balaban J connectivity index is 1.50. The lowest BCUT2D eigenvalue weighted by Crippen LogP contribution is -2.44. The zero-order valence-electron chi connectivity index (χ0n) is 18.6. The van der Waals surface area contributed by atoms with Crippen LogP contribution in [0.5, 0.6) is 11.5 Å². The predicted molar refractivity (Wildman–Crippen MR) is 156 cm³/mol. The molecule has 36 heavy (non-hydrogen) atoms. The molecule has 0 spiro atoms. The summed E-state index contributed by atoms with van der Waals surface area (Å²) in [6.45, 7) is 0.359. The largest absolute Gasteiger partial charge is 0.493 e. The highest BCUT2D eigenvalue weighted by molar-refractivity contribution is 9.11. The highest BCUT2D eigenvalue weighted by atomic mass is 79.9. The maximum Gasteiger partial charge on any atom is 0.285 e. The summed E-state index contributed by atoms with van der Waals surface area (Å²) in [5, 5.41) is 1.08. The van der Waals surface area contributed by atoms with E-state index in [0.29, 0.717) is 38.6 Å². The van der Waals surface area contributed by atoms with Gasteiger partial charge in [-0.05, 0) is 93.9 Å². The standard InChI is InChI=1S/C25H17Br3N2O4S2/c1-33-20-11-15(10-19(28)22(20)34-13-14-2-6-17(26)7-3-14)12-21-24(32)30(25(35)36-21)29-23(31)16-4-8-18(27)9-5-16/h2-12H,13H2,1H3,(H,29,31)/b21-12+. The average Bonchev–Trinajstić information content (AvgIpc) is 3.11. The number of thiocarbonyl (C=S) groups is 1. The van der Waals surface area contributed by atoms with E-state index in [1.54, 1.807) is 43.5 Å². The van der Waals surface area contributed by atoms with Crippen molar-refractivity contribution >= 4 is 94.0 Å². The van der Waals surface area contributed by atoms with Gasteiger partial charge in [-0.2, -0.15) is 5.01 Å². The van der Waals surface area contributed by atoms with Crippen molar-refractivity contribution < 1.29 is 19.1 Å². The Bertz CT molecular complexity index is 1360. The van der Waals surface area contributed by atoms with E-state index in [2.05, 4.69) is 53.2 Å². The second-order valence-electron chi connectivity index (χ2n) is 7.41. The maximum absolute atomic E-state index is 13.0. The SMILES string of the molecule is COc1cc(/C=C2/SC(=S)N(NC(=O)c3ccc(Br)cc3)C2=O)cc(Br)c1OCc1ccc(Br)cc1. The number of thioether (sulfide) groups is 1. The van der Waals surface area contributed by atoms with E-state index >= 15 is 0 Å². The number of carbonyl (C=O) groups is 2. The van der Waals surface area contributed by atoms with E-state index in [4.69, 9.17) is 21.7 Å². The molecule has 0 aromatic heterocycles. The summed E-state index contributed by atoms with van der Waals surface area (Å²) >= 11 is 16.7. The van der Waals surface area contributed by atoms with Crippen LogP contribution in [0.2, 0.25) is 0 Å². The fraction of sp³-hybridized carbons (Fsp3) is 0.0800. The van der Waals surface area contributed by atoms with Crippen molar-refractivity contribution in [2.75, 3.05) is 7.11 Å². The maximum atomic E-state index is 13.0. The Kier molecular flexibility index (Phi) is 8.89. The first kappa shape index (κ1) is 26.9. The van der Waals surface area contributed by atoms with E-state index in [1.807, 2.05) is 30.3 Å². The van der Waals surface area contributed by atoms with Gasteiger partial charge in [0.15, 0.2) is 15.8 Å². The summed E-state index contributed by atoms with van der Waals surface area (Å²) < 4.78 is 14.3. The van der Waals surface area contributed by atoms with Crippen molar-refractivity contribution in [1.29, 1.82) is 0 Å². The minimum absolute atomic E-state index is 0.234. The lowest BCUT2D eigenvalue weighted by atomic mass is 10.1. The van der Waals surface area contributed by atoms with Gasteiger partial charge in [0, 0.05) is 14.5 Å². The predicted octanol–water partition coefficient (Wildman–Crippen LogP) is 7.11. The van der Waals surface area contributed by atoms with Gasteiger partial charge in [-0.15, -0.1) is 0 Å². The first-order chi connectivity index (χ1) is 17.2. The van der Waals surface area contributed by atoms with Crippen LogP contribution in [0.25, 0.3) is 6.08 Å². The van der Waals surface area contributed by atoms with Crippen molar-refractivity contribution in [2.24, 2.45) is 0 Å². The molecule has 11 heteroatoms. The quantitative estimate of drug-likeness (QED) is 0.208. The normalized spacial score (nSPS) is 14.3. The van der Waals surface area contributed by atoms with Crippen LogP contribution in [0.1, 0.15) is 21.5 Å². The van der Waals surface area contributed by atoms with Gasteiger partial charge in [0.05, 0.1) is 16.5 Å². The molecule has 0 radical (unpaired) electrons. The van der Waals surface area contributed by atoms with E-state index in [1.165, 1.54) is 0 Å². The molecular formula is C25H17Br3N2O4S2. The molecule has 1 heterocycles. The molecule has 184 valence electrons. The number of halogens is 3. The minimum atomic E-state index is -0.434. The molecule has 1 saturated heterocycles. The second-order valence-corrected chi connectivity index (χ2v) is 11.8. The van der Waals surface area contributed by atoms with E-state index in [9.17, 15) is 9.59 Å². The Morgan fingerprint density at radius 2 is 1.69 bits per heavy atom. The molecule has 4 rings (SSSR count). The van der Waals surface area contributed by atoms with Gasteiger partial charge in [0.1, 0.15) is 6.61 Å². The monoisotopic (exact) mass is 710 g/mol. The first-order valence-corrected chi connectivity index (χ1v) is 13.9. The number of nitrogens with one attached hydrogen (secondary N) is 1. The molecule has 3 aromatic rings. The third-order valence-electron chi connectivity index (χ3n) is 4.96. The van der Waals surface area contributed by atoms with Gasteiger partial charge in [-0.1, -0.05) is 55.8 Å². The molecule has 1 aliphatic heterocycles. The van der Waals surface area contributed by atoms with Crippen molar-refractivity contribution in [2.45, 2.75) is 6.61 Å². The second kappa shape index (κ2) is 11.9. The molecule has 1 N–H and O–H groups in total. The van der Waals surface area contributed by atoms with Crippen molar-refractivity contribution in [3.63, 3.8) is 0 Å². The Morgan fingerprint density at radius 1 is 1.06 bits per heavy atom. The van der Waals surface area contributed by atoms with E-state index < -0.39 is 11.8 Å². The molecular weight excluding hydrogens is 696 g/mol. The minimum Gasteiger partial charge on any atom is -0.493 e.